The van der Waals surface area contributed by atoms with E-state index in [9.17, 15) is 24.3 Å². The lowest BCUT2D eigenvalue weighted by atomic mass is 10.1. The molecule has 1 saturated heterocycles. The molecule has 2 aliphatic rings. The highest BCUT2D eigenvalue weighted by Gasteiger charge is 2.30. The Morgan fingerprint density at radius 3 is 2.60 bits per heavy atom. The summed E-state index contributed by atoms with van der Waals surface area (Å²) in [6.45, 7) is 4.39. The van der Waals surface area contributed by atoms with Crippen molar-refractivity contribution in [1.82, 2.24) is 34.0 Å². The van der Waals surface area contributed by atoms with Gasteiger partial charge in [0.05, 0.1) is 17.8 Å². The molecule has 4 aromatic rings. The van der Waals surface area contributed by atoms with Crippen molar-refractivity contribution in [3.63, 3.8) is 0 Å². The van der Waals surface area contributed by atoms with E-state index in [0.29, 0.717) is 54.3 Å². The Kier molecular flexibility index (Phi) is 6.55. The third-order valence-electron chi connectivity index (χ3n) is 7.56. The number of carbonyl (C=O) groups excluding carboxylic acids is 3. The van der Waals surface area contributed by atoms with Gasteiger partial charge in [0, 0.05) is 37.4 Å². The van der Waals surface area contributed by atoms with Crippen molar-refractivity contribution < 1.29 is 19.5 Å². The van der Waals surface area contributed by atoms with Gasteiger partial charge in [-0.15, -0.1) is 5.10 Å². The first kappa shape index (κ1) is 26.9. The smallest absolute Gasteiger partial charge is 0.299 e. The zero-order valence-electron chi connectivity index (χ0n) is 23.0. The number of hydrogen-bond donors (Lipinski definition) is 3. The van der Waals surface area contributed by atoms with Crippen LogP contribution in [0, 0.1) is 6.92 Å². The number of nitrogens with zero attached hydrogens (tertiary/aromatic N) is 8. The van der Waals surface area contributed by atoms with Gasteiger partial charge in [0.15, 0.2) is 17.3 Å². The number of piperazine rings is 1. The second-order valence-electron chi connectivity index (χ2n) is 10.2. The van der Waals surface area contributed by atoms with Gasteiger partial charge >= 0.3 is 0 Å². The molecule has 0 atom stereocenters. The molecule has 0 spiro atoms. The van der Waals surface area contributed by atoms with Gasteiger partial charge in [-0.05, 0) is 25.0 Å². The Bertz CT molecular complexity index is 1840. The first-order valence-electron chi connectivity index (χ1n) is 13.4. The Morgan fingerprint density at radius 1 is 1.12 bits per heavy atom. The maximum atomic E-state index is 13.9. The lowest BCUT2D eigenvalue weighted by Gasteiger charge is -2.36. The van der Waals surface area contributed by atoms with Crippen molar-refractivity contribution in [3.05, 3.63) is 57.5 Å². The van der Waals surface area contributed by atoms with E-state index in [2.05, 4.69) is 25.4 Å². The Balaban J connectivity index is 1.37. The fourth-order valence-electron chi connectivity index (χ4n) is 5.47. The highest BCUT2D eigenvalue weighted by molar-refractivity contribution is 5.99. The summed E-state index contributed by atoms with van der Waals surface area (Å²) in [5.74, 6) is -0.978. The summed E-state index contributed by atoms with van der Waals surface area (Å²) in [6, 6.07) is 5.36. The fraction of sp³-hybridized carbons (Fsp3) is 0.333. The van der Waals surface area contributed by atoms with Crippen LogP contribution in [0.5, 0.6) is 5.75 Å². The van der Waals surface area contributed by atoms with Gasteiger partial charge in [-0.3, -0.25) is 19.2 Å². The quantitative estimate of drug-likeness (QED) is 0.280. The van der Waals surface area contributed by atoms with E-state index in [-0.39, 0.29) is 48.6 Å². The number of primary amides is 1. The number of benzene rings is 1. The molecule has 1 fully saturated rings. The summed E-state index contributed by atoms with van der Waals surface area (Å²) in [6.07, 6.45) is 1.92. The molecule has 15 nitrogen and oxygen atoms in total. The van der Waals surface area contributed by atoms with Crippen LogP contribution in [0.4, 0.5) is 11.4 Å². The first-order valence-corrected chi connectivity index (χ1v) is 13.4. The third-order valence-corrected chi connectivity index (χ3v) is 7.56. The van der Waals surface area contributed by atoms with Crippen LogP contribution in [0.3, 0.4) is 0 Å². The zero-order valence-corrected chi connectivity index (χ0v) is 23.0. The number of hydrogen-bond acceptors (Lipinski definition) is 10. The van der Waals surface area contributed by atoms with E-state index < -0.39 is 17.4 Å². The number of fused-ring (bicyclic) bond motifs is 2. The van der Waals surface area contributed by atoms with Crippen molar-refractivity contribution in [1.29, 1.82) is 0 Å². The molecule has 0 radical (unpaired) electrons. The van der Waals surface area contributed by atoms with Gasteiger partial charge in [0.1, 0.15) is 18.6 Å². The topological polar surface area (TPSA) is 194 Å². The second-order valence-corrected chi connectivity index (χ2v) is 10.2. The van der Waals surface area contributed by atoms with E-state index in [1.165, 1.54) is 6.33 Å². The number of aromatic hydroxyl groups is 1. The molecule has 42 heavy (non-hydrogen) atoms. The van der Waals surface area contributed by atoms with E-state index in [1.807, 2.05) is 17.9 Å². The minimum Gasteiger partial charge on any atom is -0.504 e. The van der Waals surface area contributed by atoms with Gasteiger partial charge < -0.3 is 30.5 Å². The Hall–Kier alpha value is -5.34. The van der Waals surface area contributed by atoms with E-state index in [1.54, 1.807) is 28.5 Å². The SMILES string of the molecule is CCc1c(N2CCN(C(=O)c3ncnc(C)c3O)CC2)c(=O)n2nc(-c3ccc4c(c3)NC(=O)C4)nc2n1CC(N)=O. The number of nitrogens with one attached hydrogen (secondary N) is 1. The second kappa shape index (κ2) is 10.2. The van der Waals surface area contributed by atoms with Crippen LogP contribution in [0.25, 0.3) is 17.2 Å². The first-order chi connectivity index (χ1) is 20.2. The number of aromatic nitrogens is 6. The molecule has 4 N–H and O–H groups in total. The molecule has 0 saturated carbocycles. The van der Waals surface area contributed by atoms with Crippen molar-refractivity contribution >= 4 is 34.9 Å². The summed E-state index contributed by atoms with van der Waals surface area (Å²) in [5.41, 5.74) is 8.45. The maximum absolute atomic E-state index is 13.9. The molecule has 3 aromatic heterocycles. The molecule has 5 heterocycles. The molecular formula is C27H28N10O5. The van der Waals surface area contributed by atoms with Crippen LogP contribution in [-0.4, -0.2) is 83.0 Å². The van der Waals surface area contributed by atoms with Gasteiger partial charge in [-0.25, -0.2) is 9.97 Å². The number of rotatable bonds is 6. The van der Waals surface area contributed by atoms with Gasteiger partial charge in [0.2, 0.25) is 17.6 Å². The third kappa shape index (κ3) is 4.48. The van der Waals surface area contributed by atoms with Crippen molar-refractivity contribution in [2.75, 3.05) is 36.4 Å². The highest BCUT2D eigenvalue weighted by atomic mass is 16.3. The molecule has 15 heteroatoms. The number of amides is 3. The van der Waals surface area contributed by atoms with Gasteiger partial charge in [-0.2, -0.15) is 9.50 Å². The van der Waals surface area contributed by atoms with Crippen LogP contribution < -0.4 is 21.5 Å². The minimum atomic E-state index is -0.610. The van der Waals surface area contributed by atoms with Gasteiger partial charge in [-0.1, -0.05) is 19.1 Å². The van der Waals surface area contributed by atoms with Crippen molar-refractivity contribution in [2.45, 2.75) is 33.2 Å². The maximum Gasteiger partial charge on any atom is 0.299 e. The summed E-state index contributed by atoms with van der Waals surface area (Å²) in [4.78, 5) is 66.8. The molecule has 0 aliphatic carbocycles. The average molecular weight is 573 g/mol. The molecule has 1 aromatic carbocycles. The zero-order chi connectivity index (χ0) is 29.7. The Morgan fingerprint density at radius 2 is 1.88 bits per heavy atom. The molecule has 216 valence electrons. The minimum absolute atomic E-state index is 0.0725. The molecule has 6 rings (SSSR count). The number of nitrogens with two attached hydrogens (primary N) is 1. The summed E-state index contributed by atoms with van der Waals surface area (Å²) < 4.78 is 2.77. The lowest BCUT2D eigenvalue weighted by molar-refractivity contribution is -0.118. The van der Waals surface area contributed by atoms with Gasteiger partial charge in [0.25, 0.3) is 11.5 Å². The summed E-state index contributed by atoms with van der Waals surface area (Å²) in [5, 5.41) is 17.6. The number of carbonyl (C=O) groups is 3. The normalized spacial score (nSPS) is 14.8. The number of anilines is 2. The summed E-state index contributed by atoms with van der Waals surface area (Å²) >= 11 is 0. The van der Waals surface area contributed by atoms with Crippen LogP contribution in [0.15, 0.2) is 29.3 Å². The summed E-state index contributed by atoms with van der Waals surface area (Å²) in [7, 11) is 0. The fourth-order valence-corrected chi connectivity index (χ4v) is 5.47. The van der Waals surface area contributed by atoms with Crippen molar-refractivity contribution in [3.8, 4) is 17.1 Å². The molecule has 2 aliphatic heterocycles. The number of aryl methyl sites for hydroxylation is 1. The predicted molar refractivity (Wildman–Crippen MR) is 150 cm³/mol. The average Bonchev–Trinajstić information content (AvgIpc) is 3.58. The molecule has 0 bridgehead atoms. The monoisotopic (exact) mass is 572 g/mol. The van der Waals surface area contributed by atoms with Crippen LogP contribution >= 0.6 is 0 Å². The van der Waals surface area contributed by atoms with Crippen LogP contribution in [0.2, 0.25) is 0 Å². The predicted octanol–water partition coefficient (Wildman–Crippen LogP) is -0.133. The van der Waals surface area contributed by atoms with E-state index in [0.717, 1.165) is 10.1 Å². The largest absolute Gasteiger partial charge is 0.504 e. The molecule has 3 amide bonds. The standard InChI is InChI=1S/C27H28N10O5/c1-3-18-22(34-6-8-35(9-7-34)25(41)21-23(40)14(2)29-13-30-21)26(42)37-27(36(18)12-19(28)38)32-24(33-37)16-5-4-15-11-20(39)31-17(15)10-16/h4-5,10,13,40H,3,6-9,11-12H2,1-2H3,(H2,28,38)(H,31,39). The van der Waals surface area contributed by atoms with Crippen molar-refractivity contribution in [2.24, 2.45) is 5.73 Å². The van der Waals surface area contributed by atoms with Crippen LogP contribution in [-0.2, 0) is 29.0 Å². The van der Waals surface area contributed by atoms with Crippen LogP contribution in [0.1, 0.15) is 34.4 Å². The highest BCUT2D eigenvalue weighted by Crippen LogP contribution is 2.29. The molecular weight excluding hydrogens is 544 g/mol. The van der Waals surface area contributed by atoms with E-state index >= 15 is 0 Å². The molecule has 0 unspecified atom stereocenters. The van der Waals surface area contributed by atoms with E-state index in [4.69, 9.17) is 5.73 Å². The Labute approximate surface area is 238 Å². The lowest BCUT2D eigenvalue weighted by Crippen LogP contribution is -2.51.